The molecule has 1 amide bonds. The van der Waals surface area contributed by atoms with Gasteiger partial charge in [-0.3, -0.25) is 4.79 Å². The molecule has 0 saturated carbocycles. The zero-order chi connectivity index (χ0) is 13.1. The maximum atomic E-state index is 11.9. The molecule has 1 aromatic rings. The fourth-order valence-electron chi connectivity index (χ4n) is 1.47. The Kier molecular flexibility index (Phi) is 4.33. The average molecular weight is 233 g/mol. The van der Waals surface area contributed by atoms with Gasteiger partial charge in [-0.2, -0.15) is 0 Å². The highest BCUT2D eigenvalue weighted by atomic mass is 16.1. The van der Waals surface area contributed by atoms with Crippen molar-refractivity contribution in [2.45, 2.75) is 40.5 Å². The summed E-state index contributed by atoms with van der Waals surface area (Å²) in [7, 11) is 0. The molecule has 0 aromatic heterocycles. The van der Waals surface area contributed by atoms with E-state index in [0.29, 0.717) is 12.5 Å². The molecule has 2 nitrogen and oxygen atoms in total. The van der Waals surface area contributed by atoms with Crippen LogP contribution in [0.25, 0.3) is 0 Å². The minimum absolute atomic E-state index is 0.00947. The van der Waals surface area contributed by atoms with E-state index in [-0.39, 0.29) is 11.3 Å². The summed E-state index contributed by atoms with van der Waals surface area (Å²) in [5, 5.41) is 2.95. The van der Waals surface area contributed by atoms with E-state index >= 15 is 0 Å². The second-order valence-corrected chi connectivity index (χ2v) is 6.02. The zero-order valence-electron chi connectivity index (χ0n) is 11.5. The Hall–Kier alpha value is -1.31. The van der Waals surface area contributed by atoms with Crippen LogP contribution in [0.2, 0.25) is 0 Å². The van der Waals surface area contributed by atoms with Gasteiger partial charge in [0, 0.05) is 12.1 Å². The molecule has 0 aliphatic rings. The van der Waals surface area contributed by atoms with Crippen molar-refractivity contribution >= 4 is 5.91 Å². The van der Waals surface area contributed by atoms with Gasteiger partial charge in [0.15, 0.2) is 0 Å². The topological polar surface area (TPSA) is 29.1 Å². The summed E-state index contributed by atoms with van der Waals surface area (Å²) in [6, 6.07) is 7.84. The van der Waals surface area contributed by atoms with Crippen LogP contribution in [0.5, 0.6) is 0 Å². The third-order valence-electron chi connectivity index (χ3n) is 2.62. The highest BCUT2D eigenvalue weighted by Gasteiger charge is 2.13. The molecule has 1 N–H and O–H groups in total. The summed E-state index contributed by atoms with van der Waals surface area (Å²) >= 11 is 0. The normalized spacial score (nSPS) is 11.6. The molecular formula is C15H23NO. The highest BCUT2D eigenvalue weighted by Crippen LogP contribution is 2.15. The smallest absolute Gasteiger partial charge is 0.251 e. The van der Waals surface area contributed by atoms with Crippen LogP contribution in [0.4, 0.5) is 0 Å². The lowest BCUT2D eigenvalue weighted by molar-refractivity contribution is 0.0939. The van der Waals surface area contributed by atoms with Gasteiger partial charge in [-0.05, 0) is 29.0 Å². The number of carbonyl (C=O) groups is 1. The fourth-order valence-corrected chi connectivity index (χ4v) is 1.47. The van der Waals surface area contributed by atoms with Crippen LogP contribution < -0.4 is 5.32 Å². The van der Waals surface area contributed by atoms with Gasteiger partial charge in [-0.25, -0.2) is 0 Å². The quantitative estimate of drug-likeness (QED) is 0.849. The standard InChI is InChI=1S/C15H23NO/c1-11(2)12-6-8-13(9-7-12)14(17)16-10-15(3,4)5/h6-9,11H,10H2,1-5H3,(H,16,17). The Bertz CT molecular complexity index is 371. The van der Waals surface area contributed by atoms with Crippen LogP contribution >= 0.6 is 0 Å². The van der Waals surface area contributed by atoms with Crippen molar-refractivity contribution in [1.29, 1.82) is 0 Å². The lowest BCUT2D eigenvalue weighted by Gasteiger charge is -2.18. The maximum Gasteiger partial charge on any atom is 0.251 e. The molecule has 0 spiro atoms. The van der Waals surface area contributed by atoms with E-state index in [4.69, 9.17) is 0 Å². The van der Waals surface area contributed by atoms with Gasteiger partial charge in [-0.15, -0.1) is 0 Å². The number of hydrogen-bond acceptors (Lipinski definition) is 1. The van der Waals surface area contributed by atoms with E-state index in [2.05, 4.69) is 39.9 Å². The van der Waals surface area contributed by atoms with Crippen LogP contribution in [0.15, 0.2) is 24.3 Å². The molecule has 0 fully saturated rings. The monoisotopic (exact) mass is 233 g/mol. The van der Waals surface area contributed by atoms with E-state index in [1.165, 1.54) is 5.56 Å². The summed E-state index contributed by atoms with van der Waals surface area (Å²) in [5.41, 5.74) is 2.11. The predicted octanol–water partition coefficient (Wildman–Crippen LogP) is 3.59. The van der Waals surface area contributed by atoms with Crippen molar-refractivity contribution < 1.29 is 4.79 Å². The number of carbonyl (C=O) groups excluding carboxylic acids is 1. The molecule has 2 heteroatoms. The van der Waals surface area contributed by atoms with Gasteiger partial charge in [0.05, 0.1) is 0 Å². The largest absolute Gasteiger partial charge is 0.352 e. The van der Waals surface area contributed by atoms with E-state index < -0.39 is 0 Å². The van der Waals surface area contributed by atoms with Crippen LogP contribution in [-0.2, 0) is 0 Å². The molecular weight excluding hydrogens is 210 g/mol. The SMILES string of the molecule is CC(C)c1ccc(C(=O)NCC(C)(C)C)cc1. The predicted molar refractivity (Wildman–Crippen MR) is 72.3 cm³/mol. The molecule has 0 bridgehead atoms. The second kappa shape index (κ2) is 5.35. The Balaban J connectivity index is 2.64. The molecule has 0 heterocycles. The fraction of sp³-hybridized carbons (Fsp3) is 0.533. The molecule has 0 aliphatic heterocycles. The second-order valence-electron chi connectivity index (χ2n) is 6.02. The molecule has 1 aromatic carbocycles. The van der Waals surface area contributed by atoms with Gasteiger partial charge >= 0.3 is 0 Å². The van der Waals surface area contributed by atoms with Crippen LogP contribution in [0.3, 0.4) is 0 Å². The first-order valence-electron chi connectivity index (χ1n) is 6.18. The summed E-state index contributed by atoms with van der Waals surface area (Å²) in [6.45, 7) is 11.3. The summed E-state index contributed by atoms with van der Waals surface area (Å²) < 4.78 is 0. The van der Waals surface area contributed by atoms with Gasteiger partial charge in [0.2, 0.25) is 0 Å². The first-order chi connectivity index (χ1) is 7.79. The third kappa shape index (κ3) is 4.59. The minimum atomic E-state index is 0.00947. The van der Waals surface area contributed by atoms with E-state index in [1.54, 1.807) is 0 Å². The van der Waals surface area contributed by atoms with Crippen molar-refractivity contribution in [3.05, 3.63) is 35.4 Å². The molecule has 94 valence electrons. The van der Waals surface area contributed by atoms with Gasteiger partial charge in [0.1, 0.15) is 0 Å². The lowest BCUT2D eigenvalue weighted by Crippen LogP contribution is -2.32. The Morgan fingerprint density at radius 2 is 1.71 bits per heavy atom. The van der Waals surface area contributed by atoms with Crippen molar-refractivity contribution in [3.63, 3.8) is 0 Å². The highest BCUT2D eigenvalue weighted by molar-refractivity contribution is 5.94. The Morgan fingerprint density at radius 3 is 2.12 bits per heavy atom. The van der Waals surface area contributed by atoms with Crippen molar-refractivity contribution in [2.75, 3.05) is 6.54 Å². The number of rotatable bonds is 3. The van der Waals surface area contributed by atoms with E-state index in [1.807, 2.05) is 24.3 Å². The number of nitrogens with one attached hydrogen (secondary N) is 1. The van der Waals surface area contributed by atoms with Gasteiger partial charge < -0.3 is 5.32 Å². The van der Waals surface area contributed by atoms with Gasteiger partial charge in [-0.1, -0.05) is 46.8 Å². The molecule has 0 saturated heterocycles. The van der Waals surface area contributed by atoms with E-state index in [9.17, 15) is 4.79 Å². The van der Waals surface area contributed by atoms with Crippen molar-refractivity contribution in [1.82, 2.24) is 5.32 Å². The molecule has 0 aliphatic carbocycles. The molecule has 17 heavy (non-hydrogen) atoms. The average Bonchev–Trinajstić information content (AvgIpc) is 2.25. The Labute approximate surface area is 104 Å². The van der Waals surface area contributed by atoms with Crippen LogP contribution in [-0.4, -0.2) is 12.5 Å². The summed E-state index contributed by atoms with van der Waals surface area (Å²) in [5.74, 6) is 0.511. The van der Waals surface area contributed by atoms with E-state index in [0.717, 1.165) is 5.56 Å². The number of amides is 1. The number of hydrogen-bond donors (Lipinski definition) is 1. The molecule has 1 rings (SSSR count). The van der Waals surface area contributed by atoms with Gasteiger partial charge in [0.25, 0.3) is 5.91 Å². The summed E-state index contributed by atoms with van der Waals surface area (Å²) in [4.78, 5) is 11.9. The molecule has 0 radical (unpaired) electrons. The van der Waals surface area contributed by atoms with Crippen LogP contribution in [0, 0.1) is 5.41 Å². The Morgan fingerprint density at radius 1 is 1.18 bits per heavy atom. The maximum absolute atomic E-state index is 11.9. The first kappa shape index (κ1) is 13.8. The lowest BCUT2D eigenvalue weighted by atomic mass is 9.96. The number of benzene rings is 1. The van der Waals surface area contributed by atoms with Crippen molar-refractivity contribution in [3.8, 4) is 0 Å². The van der Waals surface area contributed by atoms with Crippen LogP contribution in [0.1, 0.15) is 56.5 Å². The third-order valence-corrected chi connectivity index (χ3v) is 2.62. The van der Waals surface area contributed by atoms with Crippen molar-refractivity contribution in [2.24, 2.45) is 5.41 Å². The minimum Gasteiger partial charge on any atom is -0.352 e. The molecule has 0 unspecified atom stereocenters. The summed E-state index contributed by atoms with van der Waals surface area (Å²) in [6.07, 6.45) is 0. The zero-order valence-corrected chi connectivity index (χ0v) is 11.5. The first-order valence-corrected chi connectivity index (χ1v) is 6.18. The molecule has 0 atom stereocenters.